The summed E-state index contributed by atoms with van der Waals surface area (Å²) in [6.45, 7) is 10.4. The predicted octanol–water partition coefficient (Wildman–Crippen LogP) is 2.05. The molecule has 2 aromatic heterocycles. The Hall–Kier alpha value is -1.95. The van der Waals surface area contributed by atoms with Gasteiger partial charge in [-0.3, -0.25) is 4.79 Å². The van der Waals surface area contributed by atoms with Crippen molar-refractivity contribution in [1.29, 1.82) is 0 Å². The van der Waals surface area contributed by atoms with Crippen molar-refractivity contribution in [1.82, 2.24) is 25.4 Å². The van der Waals surface area contributed by atoms with Crippen LogP contribution in [0.4, 0.5) is 0 Å². The zero-order valence-electron chi connectivity index (χ0n) is 13.8. The number of rotatable bonds is 7. The van der Waals surface area contributed by atoms with Gasteiger partial charge in [0.05, 0.1) is 23.2 Å². The van der Waals surface area contributed by atoms with Crippen LogP contribution in [0.25, 0.3) is 11.0 Å². The summed E-state index contributed by atoms with van der Waals surface area (Å²) in [4.78, 5) is 17.0. The summed E-state index contributed by atoms with van der Waals surface area (Å²) < 4.78 is 1.90. The quantitative estimate of drug-likeness (QED) is 0.768. The van der Waals surface area contributed by atoms with Gasteiger partial charge >= 0.3 is 0 Å². The second kappa shape index (κ2) is 7.35. The fourth-order valence-electron chi connectivity index (χ4n) is 2.36. The number of nitrogens with one attached hydrogen (secondary N) is 2. The predicted molar refractivity (Wildman–Crippen MR) is 88.1 cm³/mol. The lowest BCUT2D eigenvalue weighted by Crippen LogP contribution is -2.31. The molecule has 2 N–H and O–H groups in total. The van der Waals surface area contributed by atoms with Gasteiger partial charge < -0.3 is 10.6 Å². The van der Waals surface area contributed by atoms with Crippen LogP contribution < -0.4 is 10.6 Å². The number of aryl methyl sites for hydroxylation is 1. The van der Waals surface area contributed by atoms with Crippen LogP contribution in [0.15, 0.2) is 12.3 Å². The van der Waals surface area contributed by atoms with Crippen molar-refractivity contribution in [2.24, 2.45) is 0 Å². The summed E-state index contributed by atoms with van der Waals surface area (Å²) in [7, 11) is 0. The molecule has 22 heavy (non-hydrogen) atoms. The van der Waals surface area contributed by atoms with Crippen LogP contribution in [0.5, 0.6) is 0 Å². The van der Waals surface area contributed by atoms with Gasteiger partial charge in [-0.1, -0.05) is 13.8 Å². The fraction of sp³-hybridized carbons (Fsp3) is 0.562. The number of likely N-dealkylation sites (N-methyl/N-ethyl adjacent to an activating group) is 1. The van der Waals surface area contributed by atoms with Crippen molar-refractivity contribution in [3.8, 4) is 0 Å². The number of carbonyl (C=O) groups is 1. The molecule has 2 rings (SSSR count). The van der Waals surface area contributed by atoms with Gasteiger partial charge in [-0.15, -0.1) is 0 Å². The highest BCUT2D eigenvalue weighted by Crippen LogP contribution is 2.22. The Morgan fingerprint density at radius 2 is 2.14 bits per heavy atom. The molecule has 2 heterocycles. The Bertz CT molecular complexity index is 649. The van der Waals surface area contributed by atoms with E-state index in [0.29, 0.717) is 12.1 Å². The highest BCUT2D eigenvalue weighted by Gasteiger charge is 2.17. The molecule has 1 unspecified atom stereocenters. The largest absolute Gasteiger partial charge is 0.351 e. The van der Waals surface area contributed by atoms with Crippen LogP contribution >= 0.6 is 0 Å². The van der Waals surface area contributed by atoms with E-state index in [9.17, 15) is 4.79 Å². The van der Waals surface area contributed by atoms with Crippen molar-refractivity contribution >= 4 is 16.9 Å². The number of aromatic nitrogens is 3. The monoisotopic (exact) mass is 303 g/mol. The standard InChI is InChI=1S/C16H25N5O/c1-5-12(4)21-15-14(10-19-21)13(9-11(3)20-15)16(22)18-8-7-17-6-2/h9-10,12,17H,5-8H2,1-4H3,(H,18,22). The number of hydrogen-bond donors (Lipinski definition) is 2. The van der Waals surface area contributed by atoms with Crippen molar-refractivity contribution in [3.05, 3.63) is 23.5 Å². The molecule has 120 valence electrons. The first-order valence-electron chi connectivity index (χ1n) is 7.92. The molecule has 6 nitrogen and oxygen atoms in total. The molecular formula is C16H25N5O. The highest BCUT2D eigenvalue weighted by atomic mass is 16.1. The second-order valence-corrected chi connectivity index (χ2v) is 5.50. The summed E-state index contributed by atoms with van der Waals surface area (Å²) in [6, 6.07) is 2.09. The normalized spacial score (nSPS) is 12.5. The third-order valence-corrected chi connectivity index (χ3v) is 3.79. The number of hydrogen-bond acceptors (Lipinski definition) is 4. The van der Waals surface area contributed by atoms with Crippen molar-refractivity contribution < 1.29 is 4.79 Å². The summed E-state index contributed by atoms with van der Waals surface area (Å²) in [5.74, 6) is -0.0721. The molecule has 0 aromatic carbocycles. The second-order valence-electron chi connectivity index (χ2n) is 5.50. The molecule has 0 bridgehead atoms. The zero-order chi connectivity index (χ0) is 16.1. The van der Waals surface area contributed by atoms with Crippen molar-refractivity contribution in [3.63, 3.8) is 0 Å². The average Bonchev–Trinajstić information content (AvgIpc) is 2.93. The van der Waals surface area contributed by atoms with Gasteiger partial charge in [0, 0.05) is 18.8 Å². The van der Waals surface area contributed by atoms with Crippen LogP contribution in [0.2, 0.25) is 0 Å². The summed E-state index contributed by atoms with van der Waals surface area (Å²) in [5, 5.41) is 11.4. The van der Waals surface area contributed by atoms with Gasteiger partial charge in [0.25, 0.3) is 5.91 Å². The molecule has 1 amide bonds. The smallest absolute Gasteiger partial charge is 0.252 e. The molecule has 0 aliphatic heterocycles. The topological polar surface area (TPSA) is 71.8 Å². The van der Waals surface area contributed by atoms with Crippen LogP contribution in [0.1, 0.15) is 49.3 Å². The fourth-order valence-corrected chi connectivity index (χ4v) is 2.36. The van der Waals surface area contributed by atoms with Crippen LogP contribution in [-0.4, -0.2) is 40.3 Å². The molecule has 0 aliphatic carbocycles. The maximum absolute atomic E-state index is 12.4. The van der Waals surface area contributed by atoms with E-state index in [4.69, 9.17) is 0 Å². The molecule has 6 heteroatoms. The maximum atomic E-state index is 12.4. The van der Waals surface area contributed by atoms with Gasteiger partial charge in [0.15, 0.2) is 5.65 Å². The van der Waals surface area contributed by atoms with E-state index in [2.05, 4.69) is 34.6 Å². The van der Waals surface area contributed by atoms with E-state index in [1.165, 1.54) is 0 Å². The van der Waals surface area contributed by atoms with E-state index in [-0.39, 0.29) is 11.9 Å². The Morgan fingerprint density at radius 1 is 1.36 bits per heavy atom. The lowest BCUT2D eigenvalue weighted by molar-refractivity contribution is 0.0955. The molecule has 0 radical (unpaired) electrons. The Morgan fingerprint density at radius 3 is 2.82 bits per heavy atom. The van der Waals surface area contributed by atoms with E-state index < -0.39 is 0 Å². The summed E-state index contributed by atoms with van der Waals surface area (Å²) >= 11 is 0. The minimum absolute atomic E-state index is 0.0721. The molecule has 2 aromatic rings. The lowest BCUT2D eigenvalue weighted by atomic mass is 10.1. The Kier molecular flexibility index (Phi) is 5.49. The summed E-state index contributed by atoms with van der Waals surface area (Å²) in [6.07, 6.45) is 2.71. The molecule has 0 saturated heterocycles. The summed E-state index contributed by atoms with van der Waals surface area (Å²) in [5.41, 5.74) is 2.26. The third-order valence-electron chi connectivity index (χ3n) is 3.79. The van der Waals surface area contributed by atoms with Gasteiger partial charge in [-0.2, -0.15) is 5.10 Å². The third kappa shape index (κ3) is 3.44. The van der Waals surface area contributed by atoms with Gasteiger partial charge in [0.1, 0.15) is 0 Å². The number of amides is 1. The van der Waals surface area contributed by atoms with Crippen molar-refractivity contribution in [2.45, 2.75) is 40.2 Å². The molecule has 0 saturated carbocycles. The molecule has 1 atom stereocenters. The van der Waals surface area contributed by atoms with Gasteiger partial charge in [-0.05, 0) is 32.9 Å². The number of carbonyl (C=O) groups excluding carboxylic acids is 1. The van der Waals surface area contributed by atoms with Crippen LogP contribution in [-0.2, 0) is 0 Å². The van der Waals surface area contributed by atoms with E-state index in [0.717, 1.165) is 36.2 Å². The Labute approximate surface area is 131 Å². The average molecular weight is 303 g/mol. The Balaban J connectivity index is 2.30. The first-order chi connectivity index (χ1) is 10.6. The maximum Gasteiger partial charge on any atom is 0.252 e. The first kappa shape index (κ1) is 16.4. The van der Waals surface area contributed by atoms with E-state index >= 15 is 0 Å². The number of pyridine rings is 1. The SMILES string of the molecule is CCNCCNC(=O)c1cc(C)nc2c1cnn2C(C)CC. The molecular weight excluding hydrogens is 278 g/mol. The van der Waals surface area contributed by atoms with Crippen LogP contribution in [0.3, 0.4) is 0 Å². The van der Waals surface area contributed by atoms with Gasteiger partial charge in [-0.25, -0.2) is 9.67 Å². The molecule has 0 aliphatic rings. The highest BCUT2D eigenvalue weighted by molar-refractivity contribution is 6.05. The minimum atomic E-state index is -0.0721. The van der Waals surface area contributed by atoms with Gasteiger partial charge in [0.2, 0.25) is 0 Å². The van der Waals surface area contributed by atoms with E-state index in [1.54, 1.807) is 6.20 Å². The zero-order valence-corrected chi connectivity index (χ0v) is 13.8. The first-order valence-corrected chi connectivity index (χ1v) is 7.92. The van der Waals surface area contributed by atoms with Crippen LogP contribution in [0, 0.1) is 6.92 Å². The molecule has 0 fully saturated rings. The minimum Gasteiger partial charge on any atom is -0.351 e. The van der Waals surface area contributed by atoms with E-state index in [1.807, 2.05) is 24.6 Å². The number of nitrogens with zero attached hydrogens (tertiary/aromatic N) is 3. The number of fused-ring (bicyclic) bond motifs is 1. The lowest BCUT2D eigenvalue weighted by Gasteiger charge is -2.11. The van der Waals surface area contributed by atoms with Crippen molar-refractivity contribution in [2.75, 3.05) is 19.6 Å². The molecule has 0 spiro atoms.